The van der Waals surface area contributed by atoms with Crippen LogP contribution in [0.1, 0.15) is 59.8 Å². The molecule has 0 N–H and O–H groups in total. The van der Waals surface area contributed by atoms with E-state index >= 15 is 0 Å². The van der Waals surface area contributed by atoms with Crippen molar-refractivity contribution in [3.63, 3.8) is 0 Å². The molecule has 0 unspecified atom stereocenters. The van der Waals surface area contributed by atoms with Crippen molar-refractivity contribution in [2.75, 3.05) is 7.11 Å². The van der Waals surface area contributed by atoms with Gasteiger partial charge >= 0.3 is 5.97 Å². The zero-order chi connectivity index (χ0) is 13.6. The van der Waals surface area contributed by atoms with Gasteiger partial charge in [0.1, 0.15) is 0 Å². The molecule has 2 heteroatoms. The van der Waals surface area contributed by atoms with Crippen LogP contribution in [0.15, 0.2) is 11.1 Å². The van der Waals surface area contributed by atoms with Gasteiger partial charge in [0.25, 0.3) is 0 Å². The van der Waals surface area contributed by atoms with E-state index in [4.69, 9.17) is 4.74 Å². The largest absolute Gasteiger partial charge is 0.466 e. The topological polar surface area (TPSA) is 26.3 Å². The monoisotopic (exact) mass is 250 g/mol. The van der Waals surface area contributed by atoms with Crippen molar-refractivity contribution in [1.82, 2.24) is 0 Å². The number of ether oxygens (including phenoxy) is 1. The van der Waals surface area contributed by atoms with Crippen molar-refractivity contribution in [1.29, 1.82) is 0 Å². The van der Waals surface area contributed by atoms with Gasteiger partial charge in [-0.25, -0.2) is 4.79 Å². The van der Waals surface area contributed by atoms with Crippen molar-refractivity contribution < 1.29 is 9.53 Å². The number of allylic oxidation sites excluding steroid dienone is 1. The highest BCUT2D eigenvalue weighted by Crippen LogP contribution is 2.59. The predicted molar refractivity (Wildman–Crippen MR) is 73.2 cm³/mol. The summed E-state index contributed by atoms with van der Waals surface area (Å²) in [5.74, 6) is 0.508. The van der Waals surface area contributed by atoms with E-state index in [0.717, 1.165) is 18.4 Å². The summed E-state index contributed by atoms with van der Waals surface area (Å²) in [6.45, 7) is 9.12. The summed E-state index contributed by atoms with van der Waals surface area (Å²) < 4.78 is 5.05. The third-order valence-corrected chi connectivity index (χ3v) is 5.43. The van der Waals surface area contributed by atoms with Gasteiger partial charge in [-0.2, -0.15) is 0 Å². The predicted octanol–water partition coefficient (Wildman–Crippen LogP) is 4.10. The summed E-state index contributed by atoms with van der Waals surface area (Å²) in [5.41, 5.74) is 2.59. The van der Waals surface area contributed by atoms with Crippen molar-refractivity contribution in [2.45, 2.75) is 59.8 Å². The van der Waals surface area contributed by atoms with Crippen LogP contribution in [0.2, 0.25) is 0 Å². The van der Waals surface area contributed by atoms with Crippen LogP contribution < -0.4 is 0 Å². The van der Waals surface area contributed by atoms with Gasteiger partial charge in [0.05, 0.1) is 7.11 Å². The summed E-state index contributed by atoms with van der Waals surface area (Å²) in [7, 11) is 1.50. The highest BCUT2D eigenvalue weighted by atomic mass is 16.5. The Hall–Kier alpha value is -0.790. The van der Waals surface area contributed by atoms with Crippen LogP contribution in [0, 0.1) is 16.7 Å². The van der Waals surface area contributed by atoms with E-state index in [2.05, 4.69) is 27.7 Å². The molecule has 2 atom stereocenters. The highest BCUT2D eigenvalue weighted by molar-refractivity contribution is 5.91. The van der Waals surface area contributed by atoms with Gasteiger partial charge in [0.15, 0.2) is 0 Å². The Bertz CT molecular complexity index is 392. The quantitative estimate of drug-likeness (QED) is 0.655. The molecule has 2 rings (SSSR count). The summed E-state index contributed by atoms with van der Waals surface area (Å²) in [6.07, 6.45) is 5.89. The Morgan fingerprint density at radius 1 is 1.28 bits per heavy atom. The van der Waals surface area contributed by atoms with Gasteiger partial charge in [-0.05, 0) is 43.9 Å². The molecule has 0 bridgehead atoms. The normalized spacial score (nSPS) is 35.1. The maximum atomic E-state index is 12.2. The van der Waals surface area contributed by atoms with Crippen molar-refractivity contribution >= 4 is 5.97 Å². The van der Waals surface area contributed by atoms with Crippen molar-refractivity contribution in [3.8, 4) is 0 Å². The zero-order valence-electron chi connectivity index (χ0n) is 12.4. The van der Waals surface area contributed by atoms with E-state index in [0.29, 0.717) is 11.3 Å². The van der Waals surface area contributed by atoms with Gasteiger partial charge in [-0.1, -0.05) is 32.8 Å². The average Bonchev–Trinajstić information content (AvgIpc) is 2.26. The molecule has 0 aromatic rings. The lowest BCUT2D eigenvalue weighted by molar-refractivity contribution is -0.139. The molecule has 1 fully saturated rings. The Balaban J connectivity index is 2.48. The number of esters is 1. The molecule has 0 radical (unpaired) electrons. The zero-order valence-corrected chi connectivity index (χ0v) is 12.4. The van der Waals surface area contributed by atoms with Crippen LogP contribution in [0.3, 0.4) is 0 Å². The molecule has 102 valence electrons. The summed E-state index contributed by atoms with van der Waals surface area (Å²) in [5, 5.41) is 0. The van der Waals surface area contributed by atoms with Gasteiger partial charge < -0.3 is 4.74 Å². The van der Waals surface area contributed by atoms with E-state index in [1.807, 2.05) is 0 Å². The Morgan fingerprint density at radius 3 is 2.56 bits per heavy atom. The molecule has 1 saturated carbocycles. The van der Waals surface area contributed by atoms with Gasteiger partial charge in [-0.3, -0.25) is 0 Å². The fraction of sp³-hybridized carbons (Fsp3) is 0.812. The van der Waals surface area contributed by atoms with Crippen LogP contribution in [0.4, 0.5) is 0 Å². The lowest BCUT2D eigenvalue weighted by atomic mass is 9.50. The third-order valence-electron chi connectivity index (χ3n) is 5.43. The number of hydrogen-bond donors (Lipinski definition) is 0. The molecule has 0 aliphatic heterocycles. The first-order chi connectivity index (χ1) is 8.33. The van der Waals surface area contributed by atoms with Gasteiger partial charge in [0.2, 0.25) is 0 Å². The molecular weight excluding hydrogens is 224 g/mol. The molecule has 0 aromatic carbocycles. The molecule has 0 aromatic heterocycles. The smallest absolute Gasteiger partial charge is 0.334 e. The summed E-state index contributed by atoms with van der Waals surface area (Å²) in [6, 6.07) is 0. The lowest BCUT2D eigenvalue weighted by Crippen LogP contribution is -2.47. The number of carbonyl (C=O) groups is 1. The molecule has 0 heterocycles. The minimum absolute atomic E-state index is 0.0250. The number of fused-ring (bicyclic) bond motifs is 1. The van der Waals surface area contributed by atoms with Crippen molar-refractivity contribution in [3.05, 3.63) is 11.1 Å². The molecule has 0 amide bonds. The molecule has 2 aliphatic rings. The second-order valence-corrected chi connectivity index (χ2v) is 7.00. The second kappa shape index (κ2) is 4.40. The first-order valence-electron chi connectivity index (χ1n) is 7.11. The summed E-state index contributed by atoms with van der Waals surface area (Å²) >= 11 is 0. The van der Waals surface area contributed by atoms with Crippen LogP contribution in [0.25, 0.3) is 0 Å². The first-order valence-corrected chi connectivity index (χ1v) is 7.11. The van der Waals surface area contributed by atoms with Crippen LogP contribution >= 0.6 is 0 Å². The standard InChI is InChI=1S/C16H26O2/c1-11-7-8-12-15(2,3)9-6-10-16(12,4)13(11)14(17)18-5/h12H,6-10H2,1-5H3/t12-,16-/m1/s1. The van der Waals surface area contributed by atoms with Gasteiger partial charge in [-0.15, -0.1) is 0 Å². The Morgan fingerprint density at radius 2 is 1.94 bits per heavy atom. The van der Waals surface area contributed by atoms with Crippen LogP contribution in [-0.2, 0) is 9.53 Å². The minimum atomic E-state index is -0.0996. The third kappa shape index (κ3) is 1.90. The van der Waals surface area contributed by atoms with E-state index in [-0.39, 0.29) is 11.4 Å². The van der Waals surface area contributed by atoms with E-state index in [9.17, 15) is 4.79 Å². The Kier molecular flexibility index (Phi) is 3.33. The molecular formula is C16H26O2. The number of hydrogen-bond acceptors (Lipinski definition) is 2. The maximum Gasteiger partial charge on any atom is 0.334 e. The minimum Gasteiger partial charge on any atom is -0.466 e. The average molecular weight is 250 g/mol. The van der Waals surface area contributed by atoms with E-state index in [1.54, 1.807) is 0 Å². The number of carbonyl (C=O) groups excluding carboxylic acids is 1. The molecule has 2 nitrogen and oxygen atoms in total. The maximum absolute atomic E-state index is 12.2. The van der Waals surface area contributed by atoms with Crippen molar-refractivity contribution in [2.24, 2.45) is 16.7 Å². The van der Waals surface area contributed by atoms with Gasteiger partial charge in [0, 0.05) is 11.0 Å². The second-order valence-electron chi connectivity index (χ2n) is 7.00. The Labute approximate surface area is 111 Å². The SMILES string of the molecule is COC(=O)C1=C(C)CC[C@@H]2C(C)(C)CCC[C@@]12C. The molecule has 0 spiro atoms. The highest BCUT2D eigenvalue weighted by Gasteiger charge is 2.52. The van der Waals surface area contributed by atoms with E-state index in [1.165, 1.54) is 31.9 Å². The fourth-order valence-corrected chi connectivity index (χ4v) is 4.61. The first kappa shape index (κ1) is 13.6. The van der Waals surface area contributed by atoms with Crippen LogP contribution in [0.5, 0.6) is 0 Å². The number of rotatable bonds is 1. The van der Waals surface area contributed by atoms with Crippen LogP contribution in [-0.4, -0.2) is 13.1 Å². The fourth-order valence-electron chi connectivity index (χ4n) is 4.61. The number of methoxy groups -OCH3 is 1. The molecule has 0 saturated heterocycles. The molecule has 18 heavy (non-hydrogen) atoms. The summed E-state index contributed by atoms with van der Waals surface area (Å²) in [4.78, 5) is 12.2. The van der Waals surface area contributed by atoms with E-state index < -0.39 is 0 Å². The lowest BCUT2D eigenvalue weighted by Gasteiger charge is -2.54. The molecule has 2 aliphatic carbocycles.